The van der Waals surface area contributed by atoms with E-state index in [-0.39, 0.29) is 12.0 Å². The second-order valence-electron chi connectivity index (χ2n) is 3.47. The predicted molar refractivity (Wildman–Crippen MR) is 57.1 cm³/mol. The van der Waals surface area contributed by atoms with Crippen LogP contribution in [0, 0.1) is 0 Å². The predicted octanol–water partition coefficient (Wildman–Crippen LogP) is 0.215. The Kier molecular flexibility index (Phi) is 7.42. The highest BCUT2D eigenvalue weighted by Crippen LogP contribution is 1.97. The molecule has 1 atom stereocenters. The lowest BCUT2D eigenvalue weighted by molar-refractivity contribution is -0.122. The average Bonchev–Trinajstić information content (AvgIpc) is 2.17. The summed E-state index contributed by atoms with van der Waals surface area (Å²) in [6, 6.07) is 0. The van der Waals surface area contributed by atoms with E-state index in [4.69, 9.17) is 0 Å². The first-order valence-electron chi connectivity index (χ1n) is 5.25. The maximum atomic E-state index is 11.1. The Bertz CT molecular complexity index is 162. The van der Waals surface area contributed by atoms with E-state index < -0.39 is 0 Å². The van der Waals surface area contributed by atoms with E-state index in [1.54, 1.807) is 7.05 Å². The van der Waals surface area contributed by atoms with Crippen LogP contribution in [-0.2, 0) is 4.79 Å². The molecule has 0 radical (unpaired) electrons. The van der Waals surface area contributed by atoms with Crippen molar-refractivity contribution in [2.45, 2.75) is 32.8 Å². The highest BCUT2D eigenvalue weighted by atomic mass is 16.3. The van der Waals surface area contributed by atoms with Crippen LogP contribution >= 0.6 is 0 Å². The molecule has 0 aromatic heterocycles. The first-order chi connectivity index (χ1) is 6.63. The molecule has 0 rings (SSSR count). The second-order valence-corrected chi connectivity index (χ2v) is 3.47. The quantitative estimate of drug-likeness (QED) is 0.621. The summed E-state index contributed by atoms with van der Waals surface area (Å²) in [5.74, 6) is 0.00162. The van der Waals surface area contributed by atoms with E-state index in [0.29, 0.717) is 13.1 Å². The molecule has 84 valence electrons. The van der Waals surface area contributed by atoms with Crippen LogP contribution in [0.2, 0.25) is 0 Å². The molecule has 0 aromatic carbocycles. The second kappa shape index (κ2) is 7.76. The van der Waals surface area contributed by atoms with Crippen molar-refractivity contribution in [2.24, 2.45) is 0 Å². The van der Waals surface area contributed by atoms with Gasteiger partial charge in [-0.05, 0) is 19.4 Å². The topological polar surface area (TPSA) is 52.6 Å². The first-order valence-corrected chi connectivity index (χ1v) is 5.25. The van der Waals surface area contributed by atoms with Gasteiger partial charge in [0.1, 0.15) is 0 Å². The number of aliphatic hydroxyl groups excluding tert-OH is 1. The summed E-state index contributed by atoms with van der Waals surface area (Å²) in [6.45, 7) is 5.81. The maximum absolute atomic E-state index is 11.1. The van der Waals surface area contributed by atoms with Gasteiger partial charge in [0.25, 0.3) is 0 Å². The van der Waals surface area contributed by atoms with Crippen molar-refractivity contribution in [1.29, 1.82) is 0 Å². The number of nitrogens with zero attached hydrogens (tertiary/aromatic N) is 1. The molecular weight excluding hydrogens is 180 g/mol. The molecule has 0 bridgehead atoms. The lowest BCUT2D eigenvalue weighted by Crippen LogP contribution is -2.40. The molecule has 0 aliphatic carbocycles. The van der Waals surface area contributed by atoms with Gasteiger partial charge in [0.05, 0.1) is 12.6 Å². The normalized spacial score (nSPS) is 12.9. The van der Waals surface area contributed by atoms with Crippen molar-refractivity contribution in [2.75, 3.05) is 26.7 Å². The standard InChI is InChI=1S/C10H22N2O2/c1-4-6-12(7-9(13)5-2)8-10(14)11-3/h9,13H,4-8H2,1-3H3,(H,11,14)/t9-/m1/s1. The lowest BCUT2D eigenvalue weighted by atomic mass is 10.2. The molecule has 2 N–H and O–H groups in total. The van der Waals surface area contributed by atoms with Crippen LogP contribution in [0.4, 0.5) is 0 Å². The zero-order valence-corrected chi connectivity index (χ0v) is 9.42. The Balaban J connectivity index is 3.94. The number of amides is 1. The fourth-order valence-electron chi connectivity index (χ4n) is 1.26. The molecule has 4 heteroatoms. The highest BCUT2D eigenvalue weighted by molar-refractivity contribution is 5.77. The third-order valence-electron chi connectivity index (χ3n) is 2.13. The van der Waals surface area contributed by atoms with Crippen LogP contribution < -0.4 is 5.32 Å². The Labute approximate surface area is 86.3 Å². The van der Waals surface area contributed by atoms with Crippen molar-refractivity contribution in [3.05, 3.63) is 0 Å². The summed E-state index contributed by atoms with van der Waals surface area (Å²) in [6.07, 6.45) is 1.40. The van der Waals surface area contributed by atoms with Crippen molar-refractivity contribution in [1.82, 2.24) is 10.2 Å². The molecule has 0 fully saturated rings. The molecule has 0 saturated carbocycles. The Morgan fingerprint density at radius 1 is 1.50 bits per heavy atom. The van der Waals surface area contributed by atoms with Gasteiger partial charge in [0.15, 0.2) is 0 Å². The number of carbonyl (C=O) groups is 1. The minimum Gasteiger partial charge on any atom is -0.392 e. The van der Waals surface area contributed by atoms with E-state index in [1.807, 2.05) is 11.8 Å². The van der Waals surface area contributed by atoms with Gasteiger partial charge in [-0.2, -0.15) is 0 Å². The number of likely N-dealkylation sites (N-methyl/N-ethyl adjacent to an activating group) is 1. The minimum absolute atomic E-state index is 0.00162. The molecule has 0 saturated heterocycles. The van der Waals surface area contributed by atoms with Crippen molar-refractivity contribution in [3.63, 3.8) is 0 Å². The van der Waals surface area contributed by atoms with Crippen LogP contribution in [0.3, 0.4) is 0 Å². The summed E-state index contributed by atoms with van der Waals surface area (Å²) in [5, 5.41) is 12.1. The van der Waals surface area contributed by atoms with E-state index in [1.165, 1.54) is 0 Å². The number of nitrogens with one attached hydrogen (secondary N) is 1. The first kappa shape index (κ1) is 13.4. The summed E-state index contributed by atoms with van der Waals surface area (Å²) >= 11 is 0. The Morgan fingerprint density at radius 2 is 2.14 bits per heavy atom. The Morgan fingerprint density at radius 3 is 2.57 bits per heavy atom. The van der Waals surface area contributed by atoms with Gasteiger partial charge < -0.3 is 10.4 Å². The zero-order valence-electron chi connectivity index (χ0n) is 9.42. The van der Waals surface area contributed by atoms with Gasteiger partial charge in [0, 0.05) is 13.6 Å². The van der Waals surface area contributed by atoms with E-state index >= 15 is 0 Å². The van der Waals surface area contributed by atoms with E-state index in [9.17, 15) is 9.90 Å². The maximum Gasteiger partial charge on any atom is 0.233 e. The van der Waals surface area contributed by atoms with Gasteiger partial charge in [-0.1, -0.05) is 13.8 Å². The van der Waals surface area contributed by atoms with Gasteiger partial charge in [-0.15, -0.1) is 0 Å². The van der Waals surface area contributed by atoms with Gasteiger partial charge >= 0.3 is 0 Å². The number of aliphatic hydroxyl groups is 1. The number of hydrogen-bond donors (Lipinski definition) is 2. The molecular formula is C10H22N2O2. The lowest BCUT2D eigenvalue weighted by Gasteiger charge is -2.23. The van der Waals surface area contributed by atoms with Crippen LogP contribution in [0.1, 0.15) is 26.7 Å². The molecule has 4 nitrogen and oxygen atoms in total. The largest absolute Gasteiger partial charge is 0.392 e. The smallest absolute Gasteiger partial charge is 0.233 e. The molecule has 14 heavy (non-hydrogen) atoms. The fraction of sp³-hybridized carbons (Fsp3) is 0.900. The van der Waals surface area contributed by atoms with Crippen LogP contribution in [0.5, 0.6) is 0 Å². The molecule has 0 aromatic rings. The number of rotatable bonds is 7. The van der Waals surface area contributed by atoms with E-state index in [2.05, 4.69) is 12.2 Å². The van der Waals surface area contributed by atoms with Crippen LogP contribution in [0.25, 0.3) is 0 Å². The molecule has 0 heterocycles. The van der Waals surface area contributed by atoms with Crippen molar-refractivity contribution in [3.8, 4) is 0 Å². The third-order valence-corrected chi connectivity index (χ3v) is 2.13. The van der Waals surface area contributed by atoms with Gasteiger partial charge in [-0.3, -0.25) is 9.69 Å². The third kappa shape index (κ3) is 5.94. The monoisotopic (exact) mass is 202 g/mol. The summed E-state index contributed by atoms with van der Waals surface area (Å²) < 4.78 is 0. The zero-order chi connectivity index (χ0) is 11.0. The Hall–Kier alpha value is -0.610. The van der Waals surface area contributed by atoms with Gasteiger partial charge in [-0.25, -0.2) is 0 Å². The molecule has 0 unspecified atom stereocenters. The highest BCUT2D eigenvalue weighted by Gasteiger charge is 2.12. The van der Waals surface area contributed by atoms with Crippen LogP contribution in [-0.4, -0.2) is 48.7 Å². The number of carbonyl (C=O) groups excluding carboxylic acids is 1. The average molecular weight is 202 g/mol. The van der Waals surface area contributed by atoms with Crippen molar-refractivity contribution >= 4 is 5.91 Å². The molecule has 0 spiro atoms. The summed E-state index contributed by atoms with van der Waals surface area (Å²) in [5.41, 5.74) is 0. The van der Waals surface area contributed by atoms with Crippen molar-refractivity contribution < 1.29 is 9.90 Å². The fourth-order valence-corrected chi connectivity index (χ4v) is 1.26. The summed E-state index contributed by atoms with van der Waals surface area (Å²) in [7, 11) is 1.63. The molecule has 0 aliphatic rings. The summed E-state index contributed by atoms with van der Waals surface area (Å²) in [4.78, 5) is 13.1. The molecule has 1 amide bonds. The minimum atomic E-state index is -0.328. The van der Waals surface area contributed by atoms with Gasteiger partial charge in [0.2, 0.25) is 5.91 Å². The number of hydrogen-bond acceptors (Lipinski definition) is 3. The van der Waals surface area contributed by atoms with Crippen LogP contribution in [0.15, 0.2) is 0 Å². The SMILES string of the molecule is CCCN(CC(=O)NC)C[C@H](O)CC. The van der Waals surface area contributed by atoms with E-state index in [0.717, 1.165) is 19.4 Å². The molecule has 0 aliphatic heterocycles.